The van der Waals surface area contributed by atoms with Crippen LogP contribution < -0.4 is 5.32 Å². The molecule has 0 spiro atoms. The Labute approximate surface area is 122 Å². The molecule has 1 fully saturated rings. The Balaban J connectivity index is 1.84. The molecule has 0 aromatic heterocycles. The van der Waals surface area contributed by atoms with E-state index < -0.39 is 5.82 Å². The summed E-state index contributed by atoms with van der Waals surface area (Å²) in [6, 6.07) is 4.42. The van der Waals surface area contributed by atoms with Crippen LogP contribution in [0, 0.1) is 11.7 Å². The van der Waals surface area contributed by atoms with E-state index in [1.165, 1.54) is 12.1 Å². The molecule has 0 bridgehead atoms. The lowest BCUT2D eigenvalue weighted by Crippen LogP contribution is -2.30. The monoisotopic (exact) mass is 303 g/mol. The summed E-state index contributed by atoms with van der Waals surface area (Å²) in [5.74, 6) is -0.211. The highest BCUT2D eigenvalue weighted by Gasteiger charge is 2.23. The van der Waals surface area contributed by atoms with Gasteiger partial charge in [0.2, 0.25) is 5.91 Å². The van der Waals surface area contributed by atoms with Crippen LogP contribution >= 0.6 is 23.2 Å². The number of nitrogens with one attached hydrogen (secondary N) is 1. The number of rotatable bonds is 4. The first-order valence-electron chi connectivity index (χ1n) is 6.40. The Morgan fingerprint density at radius 2 is 2.21 bits per heavy atom. The molecule has 1 aliphatic rings. The van der Waals surface area contributed by atoms with Crippen LogP contribution in [0.4, 0.5) is 4.39 Å². The summed E-state index contributed by atoms with van der Waals surface area (Å²) < 4.78 is 13.5. The van der Waals surface area contributed by atoms with Gasteiger partial charge in [-0.05, 0) is 37.3 Å². The van der Waals surface area contributed by atoms with Gasteiger partial charge in [-0.2, -0.15) is 0 Å². The molecule has 2 rings (SSSR count). The van der Waals surface area contributed by atoms with Crippen molar-refractivity contribution >= 4 is 29.1 Å². The lowest BCUT2D eigenvalue weighted by atomic mass is 10.1. The lowest BCUT2D eigenvalue weighted by molar-refractivity contribution is -0.120. The summed E-state index contributed by atoms with van der Waals surface area (Å²) in [6.07, 6.45) is 2.95. The van der Waals surface area contributed by atoms with Gasteiger partial charge in [0, 0.05) is 22.5 Å². The van der Waals surface area contributed by atoms with E-state index in [4.69, 9.17) is 23.2 Å². The minimum atomic E-state index is -0.440. The minimum Gasteiger partial charge on any atom is -0.356 e. The third-order valence-electron chi connectivity index (χ3n) is 3.46. The van der Waals surface area contributed by atoms with Crippen molar-refractivity contribution in [3.05, 3.63) is 34.6 Å². The number of hydrogen-bond donors (Lipinski definition) is 1. The van der Waals surface area contributed by atoms with Crippen molar-refractivity contribution in [1.82, 2.24) is 5.32 Å². The van der Waals surface area contributed by atoms with E-state index in [0.29, 0.717) is 12.5 Å². The summed E-state index contributed by atoms with van der Waals surface area (Å²) in [5.41, 5.74) is 0.253. The normalized spacial score (nSPS) is 22.5. The zero-order chi connectivity index (χ0) is 13.8. The summed E-state index contributed by atoms with van der Waals surface area (Å²) in [7, 11) is 0. The number of hydrogen-bond acceptors (Lipinski definition) is 1. The molecule has 19 heavy (non-hydrogen) atoms. The van der Waals surface area contributed by atoms with Crippen LogP contribution in [0.5, 0.6) is 0 Å². The van der Waals surface area contributed by atoms with E-state index in [1.807, 2.05) is 0 Å². The van der Waals surface area contributed by atoms with Crippen molar-refractivity contribution in [2.75, 3.05) is 6.54 Å². The zero-order valence-electron chi connectivity index (χ0n) is 10.5. The largest absolute Gasteiger partial charge is 0.356 e. The van der Waals surface area contributed by atoms with E-state index in [2.05, 4.69) is 5.32 Å². The third-order valence-corrected chi connectivity index (χ3v) is 4.21. The lowest BCUT2D eigenvalue weighted by Gasteiger charge is -2.11. The third kappa shape index (κ3) is 4.08. The van der Waals surface area contributed by atoms with Gasteiger partial charge in [0.1, 0.15) is 5.82 Å². The number of alkyl halides is 1. The maximum atomic E-state index is 13.5. The summed E-state index contributed by atoms with van der Waals surface area (Å²) >= 11 is 11.9. The van der Waals surface area contributed by atoms with Gasteiger partial charge >= 0.3 is 0 Å². The van der Waals surface area contributed by atoms with Crippen LogP contribution in [0.25, 0.3) is 0 Å². The van der Waals surface area contributed by atoms with Gasteiger partial charge in [-0.15, -0.1) is 11.6 Å². The predicted octanol–water partition coefficient (Wildman–Crippen LogP) is 3.55. The molecule has 0 aliphatic heterocycles. The predicted molar refractivity (Wildman–Crippen MR) is 75.1 cm³/mol. The number of benzene rings is 1. The Kier molecular flexibility index (Phi) is 5.06. The van der Waals surface area contributed by atoms with Crippen LogP contribution in [0.15, 0.2) is 18.2 Å². The molecule has 1 aromatic rings. The Morgan fingerprint density at radius 3 is 2.84 bits per heavy atom. The molecule has 1 aliphatic carbocycles. The molecule has 1 aromatic carbocycles. The fraction of sp³-hybridized carbons (Fsp3) is 0.500. The van der Waals surface area contributed by atoms with Gasteiger partial charge in [0.05, 0.1) is 6.42 Å². The van der Waals surface area contributed by atoms with Crippen molar-refractivity contribution in [2.24, 2.45) is 5.92 Å². The highest BCUT2D eigenvalue weighted by Crippen LogP contribution is 2.28. The molecule has 1 N–H and O–H groups in total. The van der Waals surface area contributed by atoms with Crippen LogP contribution in [0.1, 0.15) is 24.8 Å². The first kappa shape index (κ1) is 14.6. The molecule has 5 heteroatoms. The summed E-state index contributed by atoms with van der Waals surface area (Å²) in [5, 5.41) is 3.34. The molecule has 0 heterocycles. The van der Waals surface area contributed by atoms with E-state index >= 15 is 0 Å². The zero-order valence-corrected chi connectivity index (χ0v) is 12.0. The topological polar surface area (TPSA) is 29.1 Å². The number of carbonyl (C=O) groups excluding carboxylic acids is 1. The minimum absolute atomic E-state index is 0.0253. The second kappa shape index (κ2) is 6.58. The van der Waals surface area contributed by atoms with Crippen molar-refractivity contribution in [3.8, 4) is 0 Å². The average molecular weight is 304 g/mol. The molecule has 0 saturated heterocycles. The fourth-order valence-corrected chi connectivity index (χ4v) is 2.99. The van der Waals surface area contributed by atoms with Gasteiger partial charge in [-0.1, -0.05) is 17.7 Å². The van der Waals surface area contributed by atoms with Gasteiger partial charge in [-0.25, -0.2) is 4.39 Å². The van der Waals surface area contributed by atoms with Crippen molar-refractivity contribution < 1.29 is 9.18 Å². The van der Waals surface area contributed by atoms with Gasteiger partial charge in [0.15, 0.2) is 0 Å². The molecule has 2 unspecified atom stereocenters. The maximum Gasteiger partial charge on any atom is 0.224 e. The Morgan fingerprint density at radius 1 is 1.42 bits per heavy atom. The average Bonchev–Trinajstić information content (AvgIpc) is 2.77. The van der Waals surface area contributed by atoms with Crippen molar-refractivity contribution in [1.29, 1.82) is 0 Å². The van der Waals surface area contributed by atoms with Crippen LogP contribution in [0.2, 0.25) is 5.02 Å². The fourth-order valence-electron chi connectivity index (χ4n) is 2.38. The summed E-state index contributed by atoms with van der Waals surface area (Å²) in [4.78, 5) is 11.8. The first-order valence-corrected chi connectivity index (χ1v) is 7.21. The van der Waals surface area contributed by atoms with E-state index in [-0.39, 0.29) is 28.3 Å². The molecule has 2 nitrogen and oxygen atoms in total. The highest BCUT2D eigenvalue weighted by atomic mass is 35.5. The van der Waals surface area contributed by atoms with Gasteiger partial charge in [-0.3, -0.25) is 4.79 Å². The van der Waals surface area contributed by atoms with Crippen LogP contribution in [0.3, 0.4) is 0 Å². The van der Waals surface area contributed by atoms with Gasteiger partial charge < -0.3 is 5.32 Å². The molecular formula is C14H16Cl2FNO. The number of halogens is 3. The molecule has 104 valence electrons. The van der Waals surface area contributed by atoms with Crippen LogP contribution in [-0.4, -0.2) is 17.8 Å². The van der Waals surface area contributed by atoms with E-state index in [1.54, 1.807) is 6.07 Å². The molecular weight excluding hydrogens is 288 g/mol. The number of carbonyl (C=O) groups is 1. The maximum absolute atomic E-state index is 13.5. The van der Waals surface area contributed by atoms with Crippen molar-refractivity contribution in [3.63, 3.8) is 0 Å². The first-order chi connectivity index (χ1) is 9.06. The SMILES string of the molecule is O=C(Cc1c(F)cccc1Cl)NCC1CCC(Cl)C1. The van der Waals surface area contributed by atoms with Crippen LogP contribution in [-0.2, 0) is 11.2 Å². The quantitative estimate of drug-likeness (QED) is 0.847. The Bertz CT molecular complexity index is 447. The smallest absolute Gasteiger partial charge is 0.224 e. The number of amides is 1. The standard InChI is InChI=1S/C14H16Cl2FNO/c15-10-5-4-9(6-10)8-18-14(19)7-11-12(16)2-1-3-13(11)17/h1-3,9-10H,4-8H2,(H,18,19). The van der Waals surface area contributed by atoms with Gasteiger partial charge in [0.25, 0.3) is 0 Å². The molecule has 2 atom stereocenters. The molecule has 1 saturated carbocycles. The second-order valence-corrected chi connectivity index (χ2v) is 5.98. The van der Waals surface area contributed by atoms with E-state index in [9.17, 15) is 9.18 Å². The summed E-state index contributed by atoms with van der Waals surface area (Å²) in [6.45, 7) is 0.605. The van der Waals surface area contributed by atoms with E-state index in [0.717, 1.165) is 19.3 Å². The van der Waals surface area contributed by atoms with Crippen molar-refractivity contribution in [2.45, 2.75) is 31.1 Å². The molecule has 0 radical (unpaired) electrons. The highest BCUT2D eigenvalue weighted by molar-refractivity contribution is 6.31. The second-order valence-electron chi connectivity index (χ2n) is 4.96. The molecule has 1 amide bonds. The Hall–Kier alpha value is -0.800.